The van der Waals surface area contributed by atoms with Gasteiger partial charge in [-0.3, -0.25) is 0 Å². The van der Waals surface area contributed by atoms with E-state index in [0.29, 0.717) is 0 Å². The van der Waals surface area contributed by atoms with Crippen molar-refractivity contribution < 1.29 is 0 Å². The number of aromatic nitrogens is 4. The van der Waals surface area contributed by atoms with Crippen molar-refractivity contribution in [3.63, 3.8) is 0 Å². The Morgan fingerprint density at radius 1 is 0.564 bits per heavy atom. The van der Waals surface area contributed by atoms with E-state index in [9.17, 15) is 0 Å². The van der Waals surface area contributed by atoms with Gasteiger partial charge in [-0.2, -0.15) is 0 Å². The number of fused-ring (bicyclic) bond motifs is 10. The van der Waals surface area contributed by atoms with Crippen molar-refractivity contribution in [1.82, 2.24) is 19.1 Å². The Morgan fingerprint density at radius 2 is 1.33 bits per heavy atom. The molecule has 0 aliphatic rings. The Kier molecular flexibility index (Phi) is 4.31. The Morgan fingerprint density at radius 3 is 2.26 bits per heavy atom. The molecule has 0 amide bonds. The Balaban J connectivity index is 1.54. The Bertz CT molecular complexity index is 2390. The predicted octanol–water partition coefficient (Wildman–Crippen LogP) is 8.03. The molecule has 0 fully saturated rings. The zero-order valence-corrected chi connectivity index (χ0v) is 22.5. The van der Waals surface area contributed by atoms with Crippen LogP contribution in [0.2, 0.25) is 0 Å². The molecule has 0 aliphatic heterocycles. The number of nitrogens with zero attached hydrogens (tertiary/aromatic N) is 4. The van der Waals surface area contributed by atoms with E-state index < -0.39 is 0 Å². The number of pyridine rings is 2. The minimum atomic E-state index is 0.223. The molecule has 0 radical (unpaired) electrons. The van der Waals surface area contributed by atoms with Crippen LogP contribution in [0.5, 0.6) is 0 Å². The van der Waals surface area contributed by atoms with E-state index in [2.05, 4.69) is 117 Å². The second kappa shape index (κ2) is 7.90. The fourth-order valence-corrected chi connectivity index (χ4v) is 8.78. The molecule has 0 spiro atoms. The van der Waals surface area contributed by atoms with Crippen LogP contribution in [0.15, 0.2) is 122 Å². The summed E-state index contributed by atoms with van der Waals surface area (Å²) in [5.74, 6) is 0. The first-order valence-electron chi connectivity index (χ1n) is 13.0. The summed E-state index contributed by atoms with van der Waals surface area (Å²) in [5, 5.41) is 6.20. The summed E-state index contributed by atoms with van der Waals surface area (Å²) >= 11 is 0.223. The standard InChI is InChI=1S/C34H20N4Se/c1-2-9-21(10-3-1)37-27-17-18-35-19-25(27)31-29(37)20-36-32-24-12-4-6-14-26(24)38(33(31)32)28-15-8-13-23-22-11-5-7-16-30(22)39-34(23)28/h1-20H. The van der Waals surface area contributed by atoms with Gasteiger partial charge >= 0.3 is 230 Å². The zero-order valence-electron chi connectivity index (χ0n) is 20.7. The SMILES string of the molecule is c1ccc(-n2c3ccncc3c3c2cnc2c4ccccc4n(-c4cccc5c4[se]c4ccccc45)c23)cc1. The van der Waals surface area contributed by atoms with Gasteiger partial charge in [0.25, 0.3) is 0 Å². The van der Waals surface area contributed by atoms with Crippen LogP contribution in [0.4, 0.5) is 0 Å². The molecule has 9 aromatic rings. The Labute approximate surface area is 229 Å². The number of rotatable bonds is 2. The molecule has 0 saturated heterocycles. The molecule has 9 rings (SSSR count). The van der Waals surface area contributed by atoms with Crippen LogP contribution in [0, 0.1) is 0 Å². The van der Waals surface area contributed by atoms with Crippen molar-refractivity contribution >= 4 is 77.5 Å². The summed E-state index contributed by atoms with van der Waals surface area (Å²) in [4.78, 5) is 9.72. The average molecular weight is 564 g/mol. The van der Waals surface area contributed by atoms with Gasteiger partial charge in [-0.15, -0.1) is 0 Å². The maximum absolute atomic E-state index is 5.14. The average Bonchev–Trinajstić information content (AvgIpc) is 3.65. The second-order valence-corrected chi connectivity index (χ2v) is 12.1. The summed E-state index contributed by atoms with van der Waals surface area (Å²) in [6, 6.07) is 36.9. The van der Waals surface area contributed by atoms with E-state index in [4.69, 9.17) is 4.98 Å². The molecule has 4 aromatic carbocycles. The summed E-state index contributed by atoms with van der Waals surface area (Å²) in [6.07, 6.45) is 5.93. The fourth-order valence-electron chi connectivity index (χ4n) is 6.25. The van der Waals surface area contributed by atoms with Crippen LogP contribution in [-0.4, -0.2) is 33.6 Å². The third kappa shape index (κ3) is 2.83. The summed E-state index contributed by atoms with van der Waals surface area (Å²) in [6.45, 7) is 0. The van der Waals surface area contributed by atoms with Crippen LogP contribution in [-0.2, 0) is 0 Å². The van der Waals surface area contributed by atoms with Crippen molar-refractivity contribution in [2.24, 2.45) is 0 Å². The normalized spacial score (nSPS) is 12.1. The second-order valence-electron chi connectivity index (χ2n) is 9.88. The molecular formula is C34H20N4Se. The molecule has 0 unspecified atom stereocenters. The molecule has 0 aliphatic carbocycles. The van der Waals surface area contributed by atoms with Crippen molar-refractivity contribution in [3.05, 3.63) is 122 Å². The minimum absolute atomic E-state index is 0.223. The summed E-state index contributed by atoms with van der Waals surface area (Å²) < 4.78 is 7.65. The molecule has 182 valence electrons. The zero-order chi connectivity index (χ0) is 25.5. The van der Waals surface area contributed by atoms with Crippen molar-refractivity contribution in [2.45, 2.75) is 0 Å². The third-order valence-electron chi connectivity index (χ3n) is 7.84. The van der Waals surface area contributed by atoms with Gasteiger partial charge in [0.1, 0.15) is 0 Å². The third-order valence-corrected chi connectivity index (χ3v) is 10.4. The quantitative estimate of drug-likeness (QED) is 0.200. The van der Waals surface area contributed by atoms with E-state index in [1.54, 1.807) is 0 Å². The molecule has 4 nitrogen and oxygen atoms in total. The van der Waals surface area contributed by atoms with Gasteiger partial charge in [0.15, 0.2) is 0 Å². The predicted molar refractivity (Wildman–Crippen MR) is 163 cm³/mol. The first-order chi connectivity index (χ1) is 19.4. The fraction of sp³-hybridized carbons (Fsp3) is 0. The number of hydrogen-bond donors (Lipinski definition) is 0. The monoisotopic (exact) mass is 564 g/mol. The van der Waals surface area contributed by atoms with Crippen LogP contribution in [0.25, 0.3) is 74.4 Å². The molecule has 39 heavy (non-hydrogen) atoms. The maximum atomic E-state index is 5.14. The van der Waals surface area contributed by atoms with E-state index >= 15 is 0 Å². The van der Waals surface area contributed by atoms with Crippen molar-refractivity contribution in [1.29, 1.82) is 0 Å². The van der Waals surface area contributed by atoms with Gasteiger partial charge in [-0.05, 0) is 0 Å². The molecule has 5 heterocycles. The molecule has 0 atom stereocenters. The van der Waals surface area contributed by atoms with Gasteiger partial charge < -0.3 is 0 Å². The number of para-hydroxylation sites is 2. The van der Waals surface area contributed by atoms with Gasteiger partial charge in [-0.25, -0.2) is 0 Å². The molecule has 0 N–H and O–H groups in total. The number of benzene rings is 4. The topological polar surface area (TPSA) is 35.6 Å². The molecule has 5 aromatic heterocycles. The van der Waals surface area contributed by atoms with Crippen molar-refractivity contribution in [3.8, 4) is 11.4 Å². The first-order valence-corrected chi connectivity index (χ1v) is 14.7. The number of hydrogen-bond acceptors (Lipinski definition) is 2. The van der Waals surface area contributed by atoms with E-state index in [0.717, 1.165) is 33.1 Å². The first kappa shape index (κ1) is 21.3. The van der Waals surface area contributed by atoms with Crippen LogP contribution in [0.3, 0.4) is 0 Å². The molecule has 0 saturated carbocycles. The van der Waals surface area contributed by atoms with Crippen LogP contribution >= 0.6 is 0 Å². The molecular weight excluding hydrogens is 543 g/mol. The van der Waals surface area contributed by atoms with Gasteiger partial charge in [-0.1, -0.05) is 0 Å². The summed E-state index contributed by atoms with van der Waals surface area (Å²) in [5.41, 5.74) is 7.92. The van der Waals surface area contributed by atoms with E-state index in [1.807, 2.05) is 18.6 Å². The van der Waals surface area contributed by atoms with Crippen molar-refractivity contribution in [2.75, 3.05) is 0 Å². The van der Waals surface area contributed by atoms with Gasteiger partial charge in [0, 0.05) is 0 Å². The molecule has 5 heteroatoms. The van der Waals surface area contributed by atoms with Gasteiger partial charge in [0.05, 0.1) is 0 Å². The van der Waals surface area contributed by atoms with Gasteiger partial charge in [0.2, 0.25) is 0 Å². The van der Waals surface area contributed by atoms with E-state index in [1.165, 1.54) is 41.3 Å². The summed E-state index contributed by atoms with van der Waals surface area (Å²) in [7, 11) is 0. The van der Waals surface area contributed by atoms with E-state index in [-0.39, 0.29) is 14.5 Å². The van der Waals surface area contributed by atoms with Crippen LogP contribution < -0.4 is 0 Å². The van der Waals surface area contributed by atoms with Crippen LogP contribution in [0.1, 0.15) is 0 Å². The Hall–Kier alpha value is -4.70. The molecule has 0 bridgehead atoms.